The number of allylic oxidation sites excluding steroid dienone is 2. The molecule has 0 fully saturated rings. The quantitative estimate of drug-likeness (QED) is 0.214. The van der Waals surface area contributed by atoms with Gasteiger partial charge in [0.05, 0.1) is 5.29 Å². The molecule has 1 atom stereocenters. The van der Waals surface area contributed by atoms with Gasteiger partial charge in [0, 0.05) is 17.9 Å². The number of nitroso groups, excluding NO2 is 1. The number of hydrazone groups is 1. The predicted molar refractivity (Wildman–Crippen MR) is 108 cm³/mol. The van der Waals surface area contributed by atoms with E-state index in [9.17, 15) is 14.5 Å². The fourth-order valence-electron chi connectivity index (χ4n) is 2.21. The number of hydrogen-bond acceptors (Lipinski definition) is 5. The van der Waals surface area contributed by atoms with E-state index in [0.29, 0.717) is 17.0 Å². The molecule has 0 aliphatic rings. The van der Waals surface area contributed by atoms with Crippen LogP contribution in [-0.2, 0) is 4.79 Å². The second-order valence-electron chi connectivity index (χ2n) is 6.48. The molecule has 0 radical (unpaired) electrons. The summed E-state index contributed by atoms with van der Waals surface area (Å²) >= 11 is 0. The summed E-state index contributed by atoms with van der Waals surface area (Å²) in [5.74, 6) is -0.484. The summed E-state index contributed by atoms with van der Waals surface area (Å²) in [7, 11) is 0. The van der Waals surface area contributed by atoms with Gasteiger partial charge in [-0.25, -0.2) is 10.9 Å². The minimum Gasteiger partial charge on any atom is -0.268 e. The summed E-state index contributed by atoms with van der Waals surface area (Å²) in [6, 6.07) is 6.69. The van der Waals surface area contributed by atoms with Crippen LogP contribution in [0.15, 0.2) is 52.4 Å². The summed E-state index contributed by atoms with van der Waals surface area (Å²) in [6.45, 7) is 6.33. The molecule has 0 spiro atoms. The van der Waals surface area contributed by atoms with Crippen molar-refractivity contribution in [3.05, 3.63) is 58.0 Å². The van der Waals surface area contributed by atoms with Gasteiger partial charge in [0.2, 0.25) is 0 Å². The Balaban J connectivity index is 2.50. The maximum atomic E-state index is 12.1. The van der Waals surface area contributed by atoms with Crippen molar-refractivity contribution in [1.82, 2.24) is 10.9 Å². The third-order valence-corrected chi connectivity index (χ3v) is 3.71. The lowest BCUT2D eigenvalue weighted by Gasteiger charge is -2.06. The van der Waals surface area contributed by atoms with Crippen LogP contribution in [0.5, 0.6) is 0 Å². The molecule has 0 aromatic heterocycles. The molecule has 0 aliphatic carbocycles. The van der Waals surface area contributed by atoms with Crippen molar-refractivity contribution in [1.29, 1.82) is 0 Å². The number of carbonyl (C=O) groups is 2. The second-order valence-corrected chi connectivity index (χ2v) is 6.48. The van der Waals surface area contributed by atoms with Gasteiger partial charge in [-0.2, -0.15) is 5.10 Å². The number of carbonyl (C=O) groups excluding carboxylic acids is 2. The minimum absolute atomic E-state index is 0.335. The van der Waals surface area contributed by atoms with Crippen LogP contribution in [0, 0.1) is 10.8 Å². The highest BCUT2D eigenvalue weighted by atomic mass is 16.3. The fourth-order valence-corrected chi connectivity index (χ4v) is 2.21. The average molecular weight is 370 g/mol. The maximum Gasteiger partial charge on any atom is 0.271 e. The van der Waals surface area contributed by atoms with Crippen molar-refractivity contribution in [3.8, 4) is 0 Å². The van der Waals surface area contributed by atoms with Crippen LogP contribution in [0.4, 0.5) is 0 Å². The van der Waals surface area contributed by atoms with E-state index in [-0.39, 0.29) is 5.91 Å². The van der Waals surface area contributed by atoms with E-state index in [1.807, 2.05) is 0 Å². The van der Waals surface area contributed by atoms with E-state index >= 15 is 0 Å². The second kappa shape index (κ2) is 12.3. The van der Waals surface area contributed by atoms with Gasteiger partial charge >= 0.3 is 0 Å². The lowest BCUT2D eigenvalue weighted by Crippen LogP contribution is -2.17. The van der Waals surface area contributed by atoms with Crippen LogP contribution in [0.2, 0.25) is 0 Å². The average Bonchev–Trinajstić information content (AvgIpc) is 2.63. The normalized spacial score (nSPS) is 12.0. The maximum absolute atomic E-state index is 12.1. The van der Waals surface area contributed by atoms with Crippen LogP contribution < -0.4 is 10.9 Å². The van der Waals surface area contributed by atoms with E-state index in [2.05, 4.69) is 42.7 Å². The lowest BCUT2D eigenvalue weighted by molar-refractivity contribution is -0.116. The lowest BCUT2D eigenvalue weighted by atomic mass is 10.0. The summed E-state index contributed by atoms with van der Waals surface area (Å²) < 4.78 is 0. The highest BCUT2D eigenvalue weighted by molar-refractivity contribution is 5.95. The Morgan fingerprint density at radius 1 is 1.22 bits per heavy atom. The first-order chi connectivity index (χ1) is 12.9. The van der Waals surface area contributed by atoms with Crippen LogP contribution in [-0.4, -0.2) is 18.0 Å². The highest BCUT2D eigenvalue weighted by Gasteiger charge is 2.05. The van der Waals surface area contributed by atoms with Crippen molar-refractivity contribution < 1.29 is 9.59 Å². The molecule has 1 aromatic rings. The number of hydrogen-bond donors (Lipinski definition) is 2. The molecular weight excluding hydrogens is 344 g/mol. The molecule has 1 unspecified atom stereocenters. The third kappa shape index (κ3) is 9.84. The van der Waals surface area contributed by atoms with E-state index in [0.717, 1.165) is 25.3 Å². The van der Waals surface area contributed by atoms with Gasteiger partial charge in [0.1, 0.15) is 0 Å². The molecule has 0 saturated carbocycles. The molecule has 0 aliphatic heterocycles. The standard InChI is InChI=1S/C20H26N4O3/c1-15(2)6-4-7-16(3)12-13-21-23-20(26)18-9-5-8-17(14-18)10-11-19(25)22-24-27/h5-6,8-11,13-14,16H,4,7,12H2,1-3H3,(H,23,26)(H,22,25,27). The minimum atomic E-state index is -0.636. The van der Waals surface area contributed by atoms with E-state index < -0.39 is 5.91 Å². The monoisotopic (exact) mass is 370 g/mol. The first-order valence-corrected chi connectivity index (χ1v) is 8.78. The zero-order chi connectivity index (χ0) is 20.1. The molecule has 144 valence electrons. The van der Waals surface area contributed by atoms with Crippen LogP contribution >= 0.6 is 0 Å². The first-order valence-electron chi connectivity index (χ1n) is 8.78. The molecule has 7 heteroatoms. The molecule has 0 heterocycles. The summed E-state index contributed by atoms with van der Waals surface area (Å²) in [4.78, 5) is 33.2. The van der Waals surface area contributed by atoms with Gasteiger partial charge in [-0.05, 0) is 62.8 Å². The number of rotatable bonds is 10. The fraction of sp³-hybridized carbons (Fsp3) is 0.350. The van der Waals surface area contributed by atoms with Crippen LogP contribution in [0.1, 0.15) is 56.0 Å². The van der Waals surface area contributed by atoms with Crippen LogP contribution in [0.3, 0.4) is 0 Å². The van der Waals surface area contributed by atoms with Gasteiger partial charge in [-0.3, -0.25) is 9.59 Å². The predicted octanol–water partition coefficient (Wildman–Crippen LogP) is 3.99. The van der Waals surface area contributed by atoms with E-state index in [1.165, 1.54) is 11.6 Å². The van der Waals surface area contributed by atoms with Crippen molar-refractivity contribution in [2.45, 2.75) is 40.0 Å². The molecule has 0 bridgehead atoms. The van der Waals surface area contributed by atoms with Crippen molar-refractivity contribution in [3.63, 3.8) is 0 Å². The van der Waals surface area contributed by atoms with Crippen molar-refractivity contribution in [2.24, 2.45) is 16.3 Å². The number of nitrogens with one attached hydrogen (secondary N) is 2. The zero-order valence-corrected chi connectivity index (χ0v) is 15.9. The SMILES string of the molecule is CC(C)=CCCC(C)CC=NNC(=O)c1cccc(C=CC(=O)NN=O)c1. The molecule has 1 rings (SSSR count). The summed E-state index contributed by atoms with van der Waals surface area (Å²) in [5, 5.41) is 6.28. The summed E-state index contributed by atoms with van der Waals surface area (Å²) in [6.07, 6.45) is 9.49. The van der Waals surface area contributed by atoms with Gasteiger partial charge in [0.15, 0.2) is 0 Å². The molecule has 2 N–H and O–H groups in total. The molecule has 2 amide bonds. The zero-order valence-electron chi connectivity index (χ0n) is 15.9. The number of amides is 2. The Morgan fingerprint density at radius 2 is 2.00 bits per heavy atom. The van der Waals surface area contributed by atoms with E-state index in [4.69, 9.17) is 0 Å². The molecule has 0 saturated heterocycles. The van der Waals surface area contributed by atoms with Gasteiger partial charge in [0.25, 0.3) is 11.8 Å². The van der Waals surface area contributed by atoms with Gasteiger partial charge < -0.3 is 0 Å². The Kier molecular flexibility index (Phi) is 10.00. The number of benzene rings is 1. The first kappa shape index (κ1) is 22.0. The largest absolute Gasteiger partial charge is 0.271 e. The van der Waals surface area contributed by atoms with Crippen LogP contribution in [0.25, 0.3) is 6.08 Å². The van der Waals surface area contributed by atoms with E-state index in [1.54, 1.807) is 35.9 Å². The third-order valence-electron chi connectivity index (χ3n) is 3.71. The highest BCUT2D eigenvalue weighted by Crippen LogP contribution is 2.10. The Bertz CT molecular complexity index is 734. The molecule has 1 aromatic carbocycles. The number of nitrogens with zero attached hydrogens (tertiary/aromatic N) is 2. The molecule has 27 heavy (non-hydrogen) atoms. The Hall–Kier alpha value is -3.09. The molecule has 7 nitrogen and oxygen atoms in total. The van der Waals surface area contributed by atoms with Gasteiger partial charge in [-0.1, -0.05) is 30.7 Å². The topological polar surface area (TPSA) is 100.0 Å². The van der Waals surface area contributed by atoms with Crippen molar-refractivity contribution >= 4 is 24.1 Å². The van der Waals surface area contributed by atoms with Gasteiger partial charge in [-0.15, -0.1) is 4.91 Å². The Morgan fingerprint density at radius 3 is 2.70 bits per heavy atom. The van der Waals surface area contributed by atoms with Crippen molar-refractivity contribution in [2.75, 3.05) is 0 Å². The Labute approximate surface area is 159 Å². The smallest absolute Gasteiger partial charge is 0.268 e. The molecular formula is C20H26N4O3. The summed E-state index contributed by atoms with van der Waals surface area (Å²) in [5.41, 5.74) is 6.63.